The molecule has 1 aliphatic rings. The summed E-state index contributed by atoms with van der Waals surface area (Å²) in [4.78, 5) is 25.0. The lowest BCUT2D eigenvalue weighted by atomic mass is 10.2. The van der Waals surface area contributed by atoms with Crippen molar-refractivity contribution in [3.8, 4) is 11.5 Å². The van der Waals surface area contributed by atoms with Crippen molar-refractivity contribution in [1.29, 1.82) is 0 Å². The molecule has 0 saturated carbocycles. The van der Waals surface area contributed by atoms with Crippen molar-refractivity contribution in [2.24, 2.45) is 0 Å². The van der Waals surface area contributed by atoms with Crippen LogP contribution >= 0.6 is 0 Å². The van der Waals surface area contributed by atoms with E-state index in [1.54, 1.807) is 42.6 Å². The van der Waals surface area contributed by atoms with Gasteiger partial charge in [-0.2, -0.15) is 0 Å². The summed E-state index contributed by atoms with van der Waals surface area (Å²) < 4.78 is 10.6. The highest BCUT2D eigenvalue weighted by atomic mass is 16.7. The van der Waals surface area contributed by atoms with Gasteiger partial charge in [0.2, 0.25) is 6.79 Å². The van der Waals surface area contributed by atoms with Crippen molar-refractivity contribution in [2.45, 2.75) is 0 Å². The molecule has 0 fully saturated rings. The molecule has 33 heavy (non-hydrogen) atoms. The van der Waals surface area contributed by atoms with Gasteiger partial charge in [0.05, 0.1) is 0 Å². The van der Waals surface area contributed by atoms with Crippen molar-refractivity contribution in [3.05, 3.63) is 79.3 Å². The van der Waals surface area contributed by atoms with E-state index in [-0.39, 0.29) is 12.8 Å². The van der Waals surface area contributed by atoms with E-state index < -0.39 is 0 Å². The normalized spacial score (nSPS) is 11.5. The molecular formula is C23H19N7O3. The van der Waals surface area contributed by atoms with Crippen LogP contribution in [0.1, 0.15) is 0 Å². The van der Waals surface area contributed by atoms with Gasteiger partial charge in [-0.05, 0) is 48.5 Å². The second kappa shape index (κ2) is 9.10. The van der Waals surface area contributed by atoms with Crippen LogP contribution in [-0.2, 0) is 0 Å². The summed E-state index contributed by atoms with van der Waals surface area (Å²) in [5.74, 6) is 3.18. The standard InChI is InChI=1S/C23H19N7O3/c31-23(29-17-8-9-18-19(11-17)33-14-32-18)28-16-6-4-15(5-7-16)27-21-12-22(26-13-25-21)30-20-3-1-2-10-24-20/h1-13H,14H2,(H2,28,29,31)(H2,24,25,26,27,30). The number of rotatable bonds is 6. The third-order valence-corrected chi connectivity index (χ3v) is 4.63. The van der Waals surface area contributed by atoms with E-state index in [0.29, 0.717) is 40.3 Å². The first-order valence-electron chi connectivity index (χ1n) is 10.1. The number of nitrogens with one attached hydrogen (secondary N) is 4. The maximum Gasteiger partial charge on any atom is 0.323 e. The fourth-order valence-electron chi connectivity index (χ4n) is 3.11. The van der Waals surface area contributed by atoms with Crippen LogP contribution in [0, 0.1) is 0 Å². The largest absolute Gasteiger partial charge is 0.454 e. The van der Waals surface area contributed by atoms with Gasteiger partial charge in [0.15, 0.2) is 11.5 Å². The summed E-state index contributed by atoms with van der Waals surface area (Å²) in [6.45, 7) is 0.183. The third-order valence-electron chi connectivity index (χ3n) is 4.63. The van der Waals surface area contributed by atoms with Gasteiger partial charge in [0.1, 0.15) is 23.8 Å². The van der Waals surface area contributed by atoms with Gasteiger partial charge < -0.3 is 30.7 Å². The Bertz CT molecular complexity index is 1270. The molecule has 0 aliphatic carbocycles. The molecule has 0 radical (unpaired) electrons. The Balaban J connectivity index is 1.18. The van der Waals surface area contributed by atoms with E-state index in [9.17, 15) is 4.79 Å². The Morgan fingerprint density at radius 3 is 2.24 bits per heavy atom. The number of nitrogens with zero attached hydrogens (tertiary/aromatic N) is 3. The lowest BCUT2D eigenvalue weighted by Gasteiger charge is -2.10. The maximum absolute atomic E-state index is 12.3. The second-order valence-corrected chi connectivity index (χ2v) is 6.98. The van der Waals surface area contributed by atoms with Gasteiger partial charge in [0.25, 0.3) is 0 Å². The molecular weight excluding hydrogens is 422 g/mol. The molecule has 0 saturated heterocycles. The molecule has 10 nitrogen and oxygen atoms in total. The lowest BCUT2D eigenvalue weighted by Crippen LogP contribution is -2.19. The summed E-state index contributed by atoms with van der Waals surface area (Å²) in [5.41, 5.74) is 2.05. The topological polar surface area (TPSA) is 122 Å². The first-order chi connectivity index (χ1) is 16.2. The number of amides is 2. The zero-order valence-corrected chi connectivity index (χ0v) is 17.3. The van der Waals surface area contributed by atoms with Crippen LogP contribution in [-0.4, -0.2) is 27.8 Å². The summed E-state index contributed by atoms with van der Waals surface area (Å²) in [5, 5.41) is 11.9. The molecule has 4 aromatic rings. The average molecular weight is 441 g/mol. The quantitative estimate of drug-likeness (QED) is 0.339. The van der Waals surface area contributed by atoms with Gasteiger partial charge in [-0.1, -0.05) is 6.07 Å². The number of anilines is 6. The van der Waals surface area contributed by atoms with Crippen LogP contribution in [0.4, 0.5) is 39.3 Å². The highest BCUT2D eigenvalue weighted by molar-refractivity contribution is 6.00. The molecule has 3 heterocycles. The molecule has 10 heteroatoms. The van der Waals surface area contributed by atoms with E-state index in [2.05, 4.69) is 36.2 Å². The molecule has 0 spiro atoms. The molecule has 2 aromatic heterocycles. The van der Waals surface area contributed by atoms with E-state index in [4.69, 9.17) is 9.47 Å². The number of carbonyl (C=O) groups excluding carboxylic acids is 1. The average Bonchev–Trinajstić information content (AvgIpc) is 3.29. The number of benzene rings is 2. The molecule has 2 amide bonds. The molecule has 0 bridgehead atoms. The monoisotopic (exact) mass is 441 g/mol. The molecule has 2 aromatic carbocycles. The lowest BCUT2D eigenvalue weighted by molar-refractivity contribution is 0.174. The first-order valence-corrected chi connectivity index (χ1v) is 10.1. The molecule has 4 N–H and O–H groups in total. The Morgan fingerprint density at radius 1 is 0.697 bits per heavy atom. The number of hydrogen-bond donors (Lipinski definition) is 4. The Kier molecular flexibility index (Phi) is 5.53. The molecule has 164 valence electrons. The van der Waals surface area contributed by atoms with Gasteiger partial charge in [-0.3, -0.25) is 0 Å². The summed E-state index contributed by atoms with van der Waals surface area (Å²) >= 11 is 0. The van der Waals surface area contributed by atoms with Crippen molar-refractivity contribution < 1.29 is 14.3 Å². The van der Waals surface area contributed by atoms with E-state index in [0.717, 1.165) is 5.69 Å². The van der Waals surface area contributed by atoms with Crippen molar-refractivity contribution in [3.63, 3.8) is 0 Å². The fourth-order valence-corrected chi connectivity index (χ4v) is 3.11. The van der Waals surface area contributed by atoms with Gasteiger partial charge in [-0.25, -0.2) is 19.7 Å². The summed E-state index contributed by atoms with van der Waals surface area (Å²) in [6, 6.07) is 19.5. The van der Waals surface area contributed by atoms with Crippen LogP contribution in [0.5, 0.6) is 11.5 Å². The molecule has 1 aliphatic heterocycles. The number of pyridine rings is 1. The van der Waals surface area contributed by atoms with Crippen molar-refractivity contribution in [1.82, 2.24) is 15.0 Å². The minimum Gasteiger partial charge on any atom is -0.454 e. The molecule has 5 rings (SSSR count). The predicted molar refractivity (Wildman–Crippen MR) is 124 cm³/mol. The smallest absolute Gasteiger partial charge is 0.323 e. The number of ether oxygens (including phenoxy) is 2. The van der Waals surface area contributed by atoms with E-state index in [1.165, 1.54) is 6.33 Å². The number of carbonyl (C=O) groups is 1. The number of hydrogen-bond acceptors (Lipinski definition) is 8. The number of fused-ring (bicyclic) bond motifs is 1. The summed E-state index contributed by atoms with van der Waals surface area (Å²) in [7, 11) is 0. The first kappa shape index (κ1) is 20.1. The Hall–Kier alpha value is -4.86. The van der Waals surface area contributed by atoms with E-state index >= 15 is 0 Å². The van der Waals surface area contributed by atoms with Gasteiger partial charge in [0, 0.05) is 35.4 Å². The highest BCUT2D eigenvalue weighted by Gasteiger charge is 2.14. The third kappa shape index (κ3) is 5.07. The summed E-state index contributed by atoms with van der Waals surface area (Å²) in [6.07, 6.45) is 3.16. The van der Waals surface area contributed by atoms with Crippen molar-refractivity contribution >= 4 is 40.5 Å². The van der Waals surface area contributed by atoms with Crippen molar-refractivity contribution in [2.75, 3.05) is 28.1 Å². The maximum atomic E-state index is 12.3. The van der Waals surface area contributed by atoms with Crippen LogP contribution < -0.4 is 30.7 Å². The minimum absolute atomic E-state index is 0.183. The Labute approximate surface area is 189 Å². The second-order valence-electron chi connectivity index (χ2n) is 6.98. The number of aromatic nitrogens is 3. The molecule has 0 atom stereocenters. The SMILES string of the molecule is O=C(Nc1ccc(Nc2cc(Nc3ccccn3)ncn2)cc1)Nc1ccc2c(c1)OCO2. The number of urea groups is 1. The minimum atomic E-state index is -0.365. The van der Waals surface area contributed by atoms with Gasteiger partial charge in [-0.15, -0.1) is 0 Å². The zero-order chi connectivity index (χ0) is 22.5. The van der Waals surface area contributed by atoms with Crippen LogP contribution in [0.3, 0.4) is 0 Å². The highest BCUT2D eigenvalue weighted by Crippen LogP contribution is 2.34. The predicted octanol–water partition coefficient (Wildman–Crippen LogP) is 4.73. The van der Waals surface area contributed by atoms with Gasteiger partial charge >= 0.3 is 6.03 Å². The zero-order valence-electron chi connectivity index (χ0n) is 17.3. The van der Waals surface area contributed by atoms with Crippen LogP contribution in [0.25, 0.3) is 0 Å². The van der Waals surface area contributed by atoms with Crippen LogP contribution in [0.2, 0.25) is 0 Å². The molecule has 0 unspecified atom stereocenters. The fraction of sp³-hybridized carbons (Fsp3) is 0.0435. The van der Waals surface area contributed by atoms with Crippen LogP contribution in [0.15, 0.2) is 79.3 Å². The Morgan fingerprint density at radius 2 is 1.42 bits per heavy atom. The van der Waals surface area contributed by atoms with E-state index in [1.807, 2.05) is 30.3 Å².